The minimum Gasteiger partial charge on any atom is -0.446 e. The summed E-state index contributed by atoms with van der Waals surface area (Å²) in [5.74, 6) is -5.36. The van der Waals surface area contributed by atoms with Crippen molar-refractivity contribution in [2.75, 3.05) is 106 Å². The highest BCUT2D eigenvalue weighted by Crippen LogP contribution is 2.31. The lowest BCUT2D eigenvalue weighted by atomic mass is 9.89. The minimum atomic E-state index is -1.12. The second-order valence-electron chi connectivity index (χ2n) is 28.9. The Morgan fingerprint density at radius 2 is 1.27 bits per heavy atom. The lowest BCUT2D eigenvalue weighted by Gasteiger charge is -2.41. The number of primary amides is 1. The second kappa shape index (κ2) is 49.9. The molecular weight excluding hydrogens is 1390 g/mol. The Morgan fingerprint density at radius 1 is 0.639 bits per heavy atom. The van der Waals surface area contributed by atoms with E-state index in [0.29, 0.717) is 82.2 Å². The smallest absolute Gasteiger partial charge is 0.410 e. The number of carbonyl (C=O) groups is 10. The predicted octanol–water partition coefficient (Wildman–Crippen LogP) is 6.66. The van der Waals surface area contributed by atoms with Gasteiger partial charge in [0.2, 0.25) is 41.4 Å². The Kier molecular flexibility index (Phi) is 42.7. The van der Waals surface area contributed by atoms with Crippen molar-refractivity contribution in [3.63, 3.8) is 0 Å². The van der Waals surface area contributed by atoms with Crippen molar-refractivity contribution in [1.82, 2.24) is 46.6 Å². The highest BCUT2D eigenvalue weighted by atomic mass is 16.6. The van der Waals surface area contributed by atoms with E-state index in [4.69, 9.17) is 43.6 Å². The van der Waals surface area contributed by atoms with Gasteiger partial charge in [-0.25, -0.2) is 14.4 Å². The molecule has 108 heavy (non-hydrogen) atoms. The number of methoxy groups -OCH3 is 2. The van der Waals surface area contributed by atoms with E-state index in [1.54, 1.807) is 109 Å². The number of rotatable bonds is 48. The van der Waals surface area contributed by atoms with Crippen LogP contribution in [0.25, 0.3) is 0 Å². The predicted molar refractivity (Wildman–Crippen MR) is 407 cm³/mol. The van der Waals surface area contributed by atoms with Crippen LogP contribution in [-0.4, -0.2) is 241 Å². The summed E-state index contributed by atoms with van der Waals surface area (Å²) in [6.07, 6.45) is 7.21. The fraction of sp³-hybridized carbons (Fsp3) is 0.692. The molecule has 0 bridgehead atoms. The third kappa shape index (κ3) is 31.9. The fourth-order valence-electron chi connectivity index (χ4n) is 13.3. The minimum absolute atomic E-state index is 0.0538. The van der Waals surface area contributed by atoms with Crippen LogP contribution >= 0.6 is 0 Å². The third-order valence-electron chi connectivity index (χ3n) is 19.6. The molecule has 1 fully saturated rings. The van der Waals surface area contributed by atoms with Crippen molar-refractivity contribution in [2.24, 2.45) is 35.3 Å². The topological polar surface area (TPSA) is 385 Å². The van der Waals surface area contributed by atoms with Crippen LogP contribution in [-0.2, 0) is 78.1 Å². The van der Waals surface area contributed by atoms with Crippen molar-refractivity contribution in [3.05, 3.63) is 77.9 Å². The van der Waals surface area contributed by atoms with Gasteiger partial charge in [-0.2, -0.15) is 0 Å². The van der Waals surface area contributed by atoms with Crippen LogP contribution in [0.15, 0.2) is 66.7 Å². The van der Waals surface area contributed by atoms with Gasteiger partial charge in [0.25, 0.3) is 0 Å². The van der Waals surface area contributed by atoms with E-state index >= 15 is 0 Å². The van der Waals surface area contributed by atoms with Crippen molar-refractivity contribution in [3.8, 4) is 0 Å². The number of nitrogens with two attached hydrogens (primary N) is 1. The third-order valence-corrected chi connectivity index (χ3v) is 19.6. The number of anilines is 1. The van der Waals surface area contributed by atoms with E-state index in [0.717, 1.165) is 32.1 Å². The maximum atomic E-state index is 14.9. The second-order valence-corrected chi connectivity index (χ2v) is 28.9. The first-order valence-corrected chi connectivity index (χ1v) is 38.3. The van der Waals surface area contributed by atoms with Crippen LogP contribution in [0.1, 0.15) is 164 Å². The molecule has 30 nitrogen and oxygen atoms in total. The number of aliphatic hydroxyl groups is 1. The van der Waals surface area contributed by atoms with Crippen LogP contribution in [0.3, 0.4) is 0 Å². The first-order valence-electron chi connectivity index (χ1n) is 38.3. The SMILES string of the molecule is CCC(C)C(C(CC(=O)N1CCCC1C(OC)C(C)C(=O)NC(C)C(O)c1ccccc1)OC)N(C)C(=O)C(NC(=O)C(C(C)C)N(C)C(=O)OCc1ccc(NC(=O)C(CCCNC(N)=O)NC(=O)C(NC(=O)CCOCCOCCOCCOCCNC(=O)OC2CC/C=C/CCC2)C(C)C)cc1)C(C)C. The van der Waals surface area contributed by atoms with Gasteiger partial charge in [-0.15, -0.1) is 0 Å². The molecule has 1 aliphatic carbocycles. The van der Waals surface area contributed by atoms with Crippen LogP contribution in [0, 0.1) is 29.6 Å². The van der Waals surface area contributed by atoms with Gasteiger partial charge in [0, 0.05) is 60.1 Å². The number of aliphatic hydroxyl groups excluding tert-OH is 1. The van der Waals surface area contributed by atoms with Gasteiger partial charge in [-0.05, 0) is 112 Å². The maximum absolute atomic E-state index is 14.9. The Balaban J connectivity index is 1.26. The zero-order chi connectivity index (χ0) is 79.8. The molecule has 30 heteroatoms. The van der Waals surface area contributed by atoms with Crippen molar-refractivity contribution < 1.29 is 90.9 Å². The molecule has 0 saturated carbocycles. The fourth-order valence-corrected chi connectivity index (χ4v) is 13.3. The van der Waals surface area contributed by atoms with E-state index in [1.807, 2.05) is 32.0 Å². The van der Waals surface area contributed by atoms with Gasteiger partial charge in [0.15, 0.2) is 0 Å². The lowest BCUT2D eigenvalue weighted by molar-refractivity contribution is -0.148. The number of nitrogens with one attached hydrogen (secondary N) is 7. The summed E-state index contributed by atoms with van der Waals surface area (Å²) in [6.45, 7) is 20.9. The number of alkyl carbamates (subject to hydrolysis) is 1. The summed E-state index contributed by atoms with van der Waals surface area (Å²) in [6, 6.07) is 8.72. The summed E-state index contributed by atoms with van der Waals surface area (Å²) in [4.78, 5) is 140. The lowest BCUT2D eigenvalue weighted by Crippen LogP contribution is -2.60. The zero-order valence-corrected chi connectivity index (χ0v) is 66.3. The summed E-state index contributed by atoms with van der Waals surface area (Å²) in [5, 5.41) is 30.4. The van der Waals surface area contributed by atoms with E-state index < -0.39 is 126 Å². The number of allylic oxidation sites excluding steroid dienone is 2. The number of benzene rings is 2. The monoisotopic (exact) mass is 1520 g/mol. The molecule has 2 aromatic rings. The molecule has 11 amide bonds. The van der Waals surface area contributed by atoms with Gasteiger partial charge in [-0.1, -0.05) is 123 Å². The number of likely N-dealkylation sites (N-methyl/N-ethyl adjacent to an activating group) is 2. The number of hydrogen-bond donors (Lipinski definition) is 9. The molecule has 13 unspecified atom stereocenters. The summed E-state index contributed by atoms with van der Waals surface area (Å²) in [7, 11) is 6.09. The molecule has 10 N–H and O–H groups in total. The standard InChI is InChI=1S/C78H127N11O19/c1-15-53(8)68(62(101-13)48-64(91)89-39-25-31-61(89)70(102-14)54(9)71(93)82-55(10)69(92)57-26-20-19-21-27-57)87(11)75(97)66(51(4)5)86-74(96)67(52(6)7)88(12)78(100)107-49-56-32-34-58(35-33-56)83-72(94)60(30-24-37-80-76(79)98)84-73(95)65(50(2)3)85-63(90)36-40-103-42-44-105-46-47-106-45-43-104-41-38-81-77(99)108-59-28-22-17-16-18-23-29-59/h16-17,19-21,26-27,32-35,50-55,59-62,65-70,92H,15,18,22-25,28-31,36-49H2,1-14H3,(H,81,99)(H,82,93)(H,83,94)(H,84,95)(H,85,90)(H,86,96)(H3,79,80,98)/b17-16+. The Hall–Kier alpha value is -8.00. The van der Waals surface area contributed by atoms with Crippen LogP contribution < -0.4 is 43.0 Å². The molecule has 13 atom stereocenters. The number of amides is 11. The Bertz CT molecular complexity index is 3090. The molecule has 1 heterocycles. The Labute approximate surface area is 639 Å². The summed E-state index contributed by atoms with van der Waals surface area (Å²) >= 11 is 0. The highest BCUT2D eigenvalue weighted by molar-refractivity contribution is 5.98. The van der Waals surface area contributed by atoms with E-state index in [2.05, 4.69) is 49.4 Å². The van der Waals surface area contributed by atoms with Crippen LogP contribution in [0.2, 0.25) is 0 Å². The van der Waals surface area contributed by atoms with Crippen molar-refractivity contribution >= 4 is 65.3 Å². The van der Waals surface area contributed by atoms with E-state index in [9.17, 15) is 53.1 Å². The number of ether oxygens (including phenoxy) is 8. The average molecular weight is 1520 g/mol. The molecule has 0 aromatic heterocycles. The van der Waals surface area contributed by atoms with Crippen molar-refractivity contribution in [1.29, 1.82) is 0 Å². The molecule has 1 aliphatic heterocycles. The quantitative estimate of drug-likeness (QED) is 0.0247. The molecule has 2 aliphatic rings. The number of hydrogen-bond acceptors (Lipinski definition) is 19. The Morgan fingerprint density at radius 3 is 1.87 bits per heavy atom. The number of likely N-dealkylation sites (tertiary alicyclic amines) is 1. The molecule has 0 radical (unpaired) electrons. The van der Waals surface area contributed by atoms with Crippen molar-refractivity contribution in [2.45, 2.75) is 220 Å². The number of urea groups is 1. The summed E-state index contributed by atoms with van der Waals surface area (Å²) in [5.41, 5.74) is 6.80. The normalized spacial score (nSPS) is 17.9. The highest BCUT2D eigenvalue weighted by Gasteiger charge is 2.44. The molecule has 0 spiro atoms. The van der Waals surface area contributed by atoms with E-state index in [1.165, 1.54) is 26.2 Å². The summed E-state index contributed by atoms with van der Waals surface area (Å²) < 4.78 is 45.5. The molecule has 1 saturated heterocycles. The molecule has 4 rings (SSSR count). The van der Waals surface area contributed by atoms with Crippen LogP contribution in [0.5, 0.6) is 0 Å². The molecule has 2 aromatic carbocycles. The number of nitrogens with zero attached hydrogens (tertiary/aromatic N) is 3. The molecule has 608 valence electrons. The van der Waals surface area contributed by atoms with E-state index in [-0.39, 0.29) is 88.4 Å². The maximum Gasteiger partial charge on any atom is 0.410 e. The first-order chi connectivity index (χ1) is 51.5. The van der Waals surface area contributed by atoms with Gasteiger partial charge in [-0.3, -0.25) is 38.5 Å². The van der Waals surface area contributed by atoms with Gasteiger partial charge >= 0.3 is 18.2 Å². The van der Waals surface area contributed by atoms with Crippen LogP contribution in [0.4, 0.5) is 20.1 Å². The average Bonchev–Trinajstić information content (AvgIpc) is 1.48. The van der Waals surface area contributed by atoms with Gasteiger partial charge in [0.05, 0.1) is 102 Å². The number of carbonyl (C=O) groups excluding carboxylic acids is 10. The van der Waals surface area contributed by atoms with Gasteiger partial charge < -0.3 is 95.8 Å². The largest absolute Gasteiger partial charge is 0.446 e. The zero-order valence-electron chi connectivity index (χ0n) is 66.3. The van der Waals surface area contributed by atoms with Gasteiger partial charge in [0.1, 0.15) is 36.9 Å². The first kappa shape index (κ1) is 92.4. The molecular formula is C78H127N11O19.